The number of rotatable bonds is 6. The Hall–Kier alpha value is -2.21. The number of nitrogens with one attached hydrogen (secondary N) is 1. The van der Waals surface area contributed by atoms with Gasteiger partial charge in [0.25, 0.3) is 0 Å². The lowest BCUT2D eigenvalue weighted by molar-refractivity contribution is -0.133. The minimum Gasteiger partial charge on any atom is -0.394 e. The van der Waals surface area contributed by atoms with Gasteiger partial charge in [-0.3, -0.25) is 9.59 Å². The van der Waals surface area contributed by atoms with Crippen LogP contribution in [0.1, 0.15) is 31.7 Å². The third kappa shape index (κ3) is 4.39. The van der Waals surface area contributed by atoms with Crippen molar-refractivity contribution in [2.75, 3.05) is 13.2 Å². The Labute approximate surface area is 129 Å². The zero-order valence-corrected chi connectivity index (χ0v) is 12.7. The van der Waals surface area contributed by atoms with Crippen LogP contribution >= 0.6 is 0 Å². The van der Waals surface area contributed by atoms with Gasteiger partial charge < -0.3 is 10.4 Å². The van der Waals surface area contributed by atoms with E-state index in [0.29, 0.717) is 6.54 Å². The Morgan fingerprint density at radius 1 is 1.32 bits per heavy atom. The van der Waals surface area contributed by atoms with Crippen molar-refractivity contribution in [3.8, 4) is 0 Å². The van der Waals surface area contributed by atoms with Crippen molar-refractivity contribution < 1.29 is 14.7 Å². The summed E-state index contributed by atoms with van der Waals surface area (Å²) in [5.41, 5.74) is 1.92. The van der Waals surface area contributed by atoms with E-state index in [9.17, 15) is 9.59 Å². The first-order chi connectivity index (χ1) is 10.6. The van der Waals surface area contributed by atoms with Crippen molar-refractivity contribution in [2.24, 2.45) is 5.10 Å². The zero-order valence-electron chi connectivity index (χ0n) is 12.7. The Bertz CT molecular complexity index is 557. The molecule has 0 aromatic heterocycles. The highest BCUT2D eigenvalue weighted by molar-refractivity contribution is 6.02. The lowest BCUT2D eigenvalue weighted by Gasteiger charge is -2.13. The summed E-state index contributed by atoms with van der Waals surface area (Å²) >= 11 is 0. The molecule has 6 nitrogen and oxygen atoms in total. The average Bonchev–Trinajstić information content (AvgIpc) is 3.03. The predicted molar refractivity (Wildman–Crippen MR) is 83.2 cm³/mol. The Balaban J connectivity index is 1.84. The summed E-state index contributed by atoms with van der Waals surface area (Å²) < 4.78 is 0. The highest BCUT2D eigenvalue weighted by atomic mass is 16.3. The number of carbonyl (C=O) groups is 2. The number of amides is 2. The van der Waals surface area contributed by atoms with Crippen LogP contribution in [0.5, 0.6) is 0 Å². The second kappa shape index (κ2) is 7.70. The largest absolute Gasteiger partial charge is 0.394 e. The fourth-order valence-electron chi connectivity index (χ4n) is 2.21. The Morgan fingerprint density at radius 2 is 2.05 bits per heavy atom. The van der Waals surface area contributed by atoms with Gasteiger partial charge in [0.2, 0.25) is 11.8 Å². The SMILES string of the molecule is CC(CO)NC(=O)CCC(=O)N1CCC(c2ccccc2)=N1. The smallest absolute Gasteiger partial charge is 0.243 e. The summed E-state index contributed by atoms with van der Waals surface area (Å²) in [6.07, 6.45) is 0.953. The number of hydrazone groups is 1. The molecule has 1 aromatic carbocycles. The maximum absolute atomic E-state index is 12.1. The van der Waals surface area contributed by atoms with Crippen LogP contribution in [0.25, 0.3) is 0 Å². The zero-order chi connectivity index (χ0) is 15.9. The van der Waals surface area contributed by atoms with Gasteiger partial charge in [0.1, 0.15) is 0 Å². The molecule has 2 rings (SSSR count). The molecule has 1 unspecified atom stereocenters. The molecule has 6 heteroatoms. The van der Waals surface area contributed by atoms with E-state index >= 15 is 0 Å². The van der Waals surface area contributed by atoms with Crippen molar-refractivity contribution >= 4 is 17.5 Å². The minimum absolute atomic E-state index is 0.107. The molecule has 22 heavy (non-hydrogen) atoms. The number of hydrogen-bond donors (Lipinski definition) is 2. The van der Waals surface area contributed by atoms with Gasteiger partial charge in [-0.15, -0.1) is 0 Å². The molecular formula is C16H21N3O3. The maximum Gasteiger partial charge on any atom is 0.243 e. The van der Waals surface area contributed by atoms with Gasteiger partial charge in [-0.2, -0.15) is 5.10 Å². The van der Waals surface area contributed by atoms with Crippen molar-refractivity contribution in [2.45, 2.75) is 32.2 Å². The maximum atomic E-state index is 12.1. The van der Waals surface area contributed by atoms with Crippen molar-refractivity contribution in [1.82, 2.24) is 10.3 Å². The third-order valence-electron chi connectivity index (χ3n) is 3.44. The van der Waals surface area contributed by atoms with Gasteiger partial charge in [0.15, 0.2) is 0 Å². The standard InChI is InChI=1S/C16H21N3O3/c1-12(11-20)17-15(21)7-8-16(22)19-10-9-14(18-19)13-5-3-2-4-6-13/h2-6,12,20H,7-11H2,1H3,(H,17,21). The third-order valence-corrected chi connectivity index (χ3v) is 3.44. The van der Waals surface area contributed by atoms with E-state index in [4.69, 9.17) is 5.11 Å². The van der Waals surface area contributed by atoms with Gasteiger partial charge >= 0.3 is 0 Å². The topological polar surface area (TPSA) is 82.0 Å². The van der Waals surface area contributed by atoms with Gasteiger partial charge in [0.05, 0.1) is 18.9 Å². The number of hydrogen-bond acceptors (Lipinski definition) is 4. The van der Waals surface area contributed by atoms with Crippen LogP contribution in [0, 0.1) is 0 Å². The van der Waals surface area contributed by atoms with Crippen molar-refractivity contribution in [3.63, 3.8) is 0 Å². The molecule has 0 radical (unpaired) electrons. The lowest BCUT2D eigenvalue weighted by atomic mass is 10.1. The van der Waals surface area contributed by atoms with Gasteiger partial charge in [0, 0.05) is 25.3 Å². The van der Waals surface area contributed by atoms with E-state index in [0.717, 1.165) is 17.7 Å². The molecule has 118 valence electrons. The molecule has 1 aliphatic rings. The van der Waals surface area contributed by atoms with Gasteiger partial charge in [-0.25, -0.2) is 5.01 Å². The van der Waals surface area contributed by atoms with Gasteiger partial charge in [-0.1, -0.05) is 30.3 Å². The van der Waals surface area contributed by atoms with Crippen LogP contribution < -0.4 is 5.32 Å². The number of aliphatic hydroxyl groups excluding tert-OH is 1. The van der Waals surface area contributed by atoms with E-state index in [1.807, 2.05) is 30.3 Å². The van der Waals surface area contributed by atoms with E-state index < -0.39 is 0 Å². The van der Waals surface area contributed by atoms with E-state index in [1.54, 1.807) is 6.92 Å². The molecule has 1 aromatic rings. The molecule has 0 fully saturated rings. The van der Waals surface area contributed by atoms with Crippen LogP contribution in [0.15, 0.2) is 35.4 Å². The first-order valence-corrected chi connectivity index (χ1v) is 7.43. The fourth-order valence-corrected chi connectivity index (χ4v) is 2.21. The number of carbonyl (C=O) groups excluding carboxylic acids is 2. The summed E-state index contributed by atoms with van der Waals surface area (Å²) in [7, 11) is 0. The van der Waals surface area contributed by atoms with Crippen LogP contribution in [-0.4, -0.2) is 46.8 Å². The summed E-state index contributed by atoms with van der Waals surface area (Å²) in [5, 5.41) is 17.3. The van der Waals surface area contributed by atoms with E-state index in [2.05, 4.69) is 10.4 Å². The van der Waals surface area contributed by atoms with Crippen LogP contribution in [0.3, 0.4) is 0 Å². The average molecular weight is 303 g/mol. The Kier molecular flexibility index (Phi) is 5.66. The highest BCUT2D eigenvalue weighted by Gasteiger charge is 2.22. The molecule has 2 N–H and O–H groups in total. The molecule has 1 aliphatic heterocycles. The molecular weight excluding hydrogens is 282 g/mol. The van der Waals surface area contributed by atoms with E-state index in [1.165, 1.54) is 5.01 Å². The summed E-state index contributed by atoms with van der Waals surface area (Å²) in [6.45, 7) is 2.14. The first-order valence-electron chi connectivity index (χ1n) is 7.43. The summed E-state index contributed by atoms with van der Waals surface area (Å²) in [6, 6.07) is 9.46. The quantitative estimate of drug-likeness (QED) is 0.819. The molecule has 0 saturated carbocycles. The number of benzene rings is 1. The molecule has 0 spiro atoms. The molecule has 0 aliphatic carbocycles. The van der Waals surface area contributed by atoms with Crippen molar-refractivity contribution in [3.05, 3.63) is 35.9 Å². The Morgan fingerprint density at radius 3 is 2.73 bits per heavy atom. The molecule has 0 saturated heterocycles. The summed E-state index contributed by atoms with van der Waals surface area (Å²) in [5.74, 6) is -0.390. The number of aliphatic hydroxyl groups is 1. The first kappa shape index (κ1) is 16.2. The normalized spacial score (nSPS) is 15.4. The molecule has 1 heterocycles. The molecule has 1 atom stereocenters. The highest BCUT2D eigenvalue weighted by Crippen LogP contribution is 2.14. The van der Waals surface area contributed by atoms with Crippen LogP contribution in [0.2, 0.25) is 0 Å². The van der Waals surface area contributed by atoms with Crippen LogP contribution in [-0.2, 0) is 9.59 Å². The van der Waals surface area contributed by atoms with Crippen LogP contribution in [0.4, 0.5) is 0 Å². The lowest BCUT2D eigenvalue weighted by Crippen LogP contribution is -2.35. The fraction of sp³-hybridized carbons (Fsp3) is 0.438. The van der Waals surface area contributed by atoms with Gasteiger partial charge in [-0.05, 0) is 12.5 Å². The number of nitrogens with zero attached hydrogens (tertiary/aromatic N) is 2. The summed E-state index contributed by atoms with van der Waals surface area (Å²) in [4.78, 5) is 23.7. The second-order valence-electron chi connectivity index (χ2n) is 5.33. The predicted octanol–water partition coefficient (Wildman–Crippen LogP) is 0.900. The second-order valence-corrected chi connectivity index (χ2v) is 5.33. The molecule has 0 bridgehead atoms. The molecule has 2 amide bonds. The van der Waals surface area contributed by atoms with Crippen molar-refractivity contribution in [1.29, 1.82) is 0 Å². The monoisotopic (exact) mass is 303 g/mol. The minimum atomic E-state index is -0.294. The van der Waals surface area contributed by atoms with E-state index in [-0.39, 0.29) is 37.3 Å².